The van der Waals surface area contributed by atoms with Crippen LogP contribution in [0.4, 0.5) is 0 Å². The van der Waals surface area contributed by atoms with Crippen LogP contribution in [0.3, 0.4) is 0 Å². The van der Waals surface area contributed by atoms with Crippen molar-refractivity contribution >= 4 is 5.91 Å². The van der Waals surface area contributed by atoms with Crippen molar-refractivity contribution in [3.05, 3.63) is 36.5 Å². The fraction of sp³-hybridized carbons (Fsp3) is 0.903. The third kappa shape index (κ3) is 40.8. The lowest BCUT2D eigenvalue weighted by atomic mass is 9.97. The van der Waals surface area contributed by atoms with Gasteiger partial charge in [0.15, 0.2) is 12.6 Å². The number of carbonyl (C=O) groups excluding carboxylic acids is 1. The number of hydrogen-bond donors (Lipinski definition) is 9. The molecule has 2 aliphatic heterocycles. The standard InChI is InChI=1S/C72H135NO13/c1-3-5-7-9-11-13-15-17-19-21-23-25-27-28-29-30-31-32-34-35-37-39-41-43-45-47-49-51-53-55-61(76)60(59-83-71-69(82)67(80)70(63(58-75)85-71)86-72-68(81)66(79)65(78)62(57-74)84-72)73-64(77)56-54-52-50-48-46-44-42-40-38-36-33-26-24-22-20-18-16-14-12-10-8-6-4-2/h22,24,45,47,53,55,60-63,65-72,74-76,78-82H,3-21,23,25-44,46,48-52,54,56-59H2,1-2H3,(H,73,77)/b24-22-,47-45+,55-53+. The molecule has 2 aliphatic rings. The summed E-state index contributed by atoms with van der Waals surface area (Å²) in [5.74, 6) is -0.245. The molecule has 9 N–H and O–H groups in total. The number of ether oxygens (including phenoxy) is 4. The predicted molar refractivity (Wildman–Crippen MR) is 351 cm³/mol. The Bertz CT molecular complexity index is 1580. The van der Waals surface area contributed by atoms with Crippen LogP contribution in [-0.2, 0) is 23.7 Å². The number of nitrogens with one attached hydrogen (secondary N) is 1. The number of allylic oxidation sites excluding steroid dienone is 5. The summed E-state index contributed by atoms with van der Waals surface area (Å²) < 4.78 is 22.9. The molecule has 506 valence electrons. The average molecular weight is 1220 g/mol. The zero-order valence-electron chi connectivity index (χ0n) is 55.1. The lowest BCUT2D eigenvalue weighted by Gasteiger charge is -2.46. The fourth-order valence-corrected chi connectivity index (χ4v) is 12.0. The maximum absolute atomic E-state index is 13.3. The monoisotopic (exact) mass is 1220 g/mol. The number of rotatable bonds is 60. The van der Waals surface area contributed by atoms with E-state index in [9.17, 15) is 45.6 Å². The van der Waals surface area contributed by atoms with Crippen LogP contribution < -0.4 is 5.32 Å². The third-order valence-corrected chi connectivity index (χ3v) is 17.8. The second-order valence-electron chi connectivity index (χ2n) is 25.7. The lowest BCUT2D eigenvalue weighted by molar-refractivity contribution is -0.359. The normalized spacial score (nSPS) is 23.6. The van der Waals surface area contributed by atoms with Crippen molar-refractivity contribution in [3.63, 3.8) is 0 Å². The zero-order valence-corrected chi connectivity index (χ0v) is 55.1. The summed E-state index contributed by atoms with van der Waals surface area (Å²) in [5.41, 5.74) is 0. The SMILES string of the molecule is CCCCCCCCCC/C=C\CCCCCCCCCCCCCC(=O)NC(COC1OC(CO)C(OC2OC(CO)C(O)C(O)C2O)C(O)C1O)C(O)/C=C/CC/C=C/CCCCCCCCCCCCCCCCCCCCCCCCC. The number of hydrogen-bond acceptors (Lipinski definition) is 13. The molecule has 0 aliphatic carbocycles. The Morgan fingerprint density at radius 3 is 1.14 bits per heavy atom. The van der Waals surface area contributed by atoms with Gasteiger partial charge in [0, 0.05) is 6.42 Å². The summed E-state index contributed by atoms with van der Waals surface area (Å²) in [6, 6.07) is -0.933. The van der Waals surface area contributed by atoms with Gasteiger partial charge in [0.2, 0.25) is 5.91 Å². The van der Waals surface area contributed by atoms with Gasteiger partial charge in [0.05, 0.1) is 32.0 Å². The summed E-state index contributed by atoms with van der Waals surface area (Å²) >= 11 is 0. The van der Waals surface area contributed by atoms with E-state index in [1.807, 2.05) is 6.08 Å². The van der Waals surface area contributed by atoms with Crippen LogP contribution in [0.25, 0.3) is 0 Å². The highest BCUT2D eigenvalue weighted by atomic mass is 16.7. The van der Waals surface area contributed by atoms with Crippen molar-refractivity contribution in [2.75, 3.05) is 19.8 Å². The number of carbonyl (C=O) groups is 1. The van der Waals surface area contributed by atoms with Gasteiger partial charge < -0.3 is 65.1 Å². The Morgan fingerprint density at radius 2 is 0.744 bits per heavy atom. The van der Waals surface area contributed by atoms with Crippen LogP contribution in [0.1, 0.15) is 322 Å². The molecular formula is C72H135NO13. The van der Waals surface area contributed by atoms with Gasteiger partial charge >= 0.3 is 0 Å². The highest BCUT2D eigenvalue weighted by Gasteiger charge is 2.51. The van der Waals surface area contributed by atoms with E-state index in [1.54, 1.807) is 6.08 Å². The Morgan fingerprint density at radius 1 is 0.407 bits per heavy atom. The van der Waals surface area contributed by atoms with E-state index in [0.717, 1.165) is 32.1 Å². The second kappa shape index (κ2) is 57.1. The number of unbranched alkanes of at least 4 members (excludes halogenated alkanes) is 43. The predicted octanol–water partition coefficient (Wildman–Crippen LogP) is 14.9. The van der Waals surface area contributed by atoms with Crippen LogP contribution in [0.5, 0.6) is 0 Å². The molecule has 0 aromatic carbocycles. The van der Waals surface area contributed by atoms with Gasteiger partial charge in [-0.3, -0.25) is 4.79 Å². The summed E-state index contributed by atoms with van der Waals surface area (Å²) in [6.45, 7) is 2.83. The second-order valence-corrected chi connectivity index (χ2v) is 25.7. The van der Waals surface area contributed by atoms with Crippen molar-refractivity contribution in [2.24, 2.45) is 0 Å². The van der Waals surface area contributed by atoms with E-state index in [-0.39, 0.29) is 18.9 Å². The minimum atomic E-state index is -1.79. The van der Waals surface area contributed by atoms with Gasteiger partial charge in [-0.15, -0.1) is 0 Å². The largest absolute Gasteiger partial charge is 0.394 e. The van der Waals surface area contributed by atoms with Crippen LogP contribution in [0, 0.1) is 0 Å². The van der Waals surface area contributed by atoms with E-state index in [0.29, 0.717) is 12.8 Å². The van der Waals surface area contributed by atoms with E-state index in [2.05, 4.69) is 43.5 Å². The number of aliphatic hydroxyl groups is 8. The minimum absolute atomic E-state index is 0.245. The summed E-state index contributed by atoms with van der Waals surface area (Å²) in [5, 5.41) is 87.4. The molecule has 14 nitrogen and oxygen atoms in total. The van der Waals surface area contributed by atoms with Crippen LogP contribution in [0.2, 0.25) is 0 Å². The molecular weight excluding hydrogens is 1090 g/mol. The molecule has 0 saturated carbocycles. The van der Waals surface area contributed by atoms with Crippen molar-refractivity contribution in [1.29, 1.82) is 0 Å². The van der Waals surface area contributed by atoms with Gasteiger partial charge in [-0.2, -0.15) is 0 Å². The Labute approximate surface area is 525 Å². The smallest absolute Gasteiger partial charge is 0.220 e. The first-order valence-electron chi connectivity index (χ1n) is 36.2. The van der Waals surface area contributed by atoms with Gasteiger partial charge in [0.1, 0.15) is 48.8 Å². The van der Waals surface area contributed by atoms with E-state index >= 15 is 0 Å². The van der Waals surface area contributed by atoms with E-state index in [1.165, 1.54) is 257 Å². The van der Waals surface area contributed by atoms with Gasteiger partial charge in [0.25, 0.3) is 0 Å². The van der Waals surface area contributed by atoms with Crippen molar-refractivity contribution in [1.82, 2.24) is 5.32 Å². The first-order valence-corrected chi connectivity index (χ1v) is 36.2. The van der Waals surface area contributed by atoms with Gasteiger partial charge in [-0.05, 0) is 57.8 Å². The van der Waals surface area contributed by atoms with Crippen LogP contribution in [-0.4, -0.2) is 140 Å². The molecule has 0 bridgehead atoms. The molecule has 1 amide bonds. The molecule has 0 spiro atoms. The first-order chi connectivity index (χ1) is 42.1. The highest BCUT2D eigenvalue weighted by Crippen LogP contribution is 2.30. The zero-order chi connectivity index (χ0) is 62.3. The van der Waals surface area contributed by atoms with Crippen molar-refractivity contribution < 1.29 is 64.6 Å². The molecule has 12 atom stereocenters. The van der Waals surface area contributed by atoms with Gasteiger partial charge in [-0.25, -0.2) is 0 Å². The Kier molecular flexibility index (Phi) is 53.4. The fourth-order valence-electron chi connectivity index (χ4n) is 12.0. The maximum Gasteiger partial charge on any atom is 0.220 e. The van der Waals surface area contributed by atoms with Crippen molar-refractivity contribution in [2.45, 2.75) is 396 Å². The molecule has 2 rings (SSSR count). The molecule has 14 heteroatoms. The maximum atomic E-state index is 13.3. The molecule has 2 fully saturated rings. The Hall–Kier alpha value is -1.79. The topological polar surface area (TPSA) is 228 Å². The molecule has 2 saturated heterocycles. The van der Waals surface area contributed by atoms with Gasteiger partial charge in [-0.1, -0.05) is 294 Å². The summed E-state index contributed by atoms with van der Waals surface area (Å²) in [4.78, 5) is 13.3. The van der Waals surface area contributed by atoms with E-state index in [4.69, 9.17) is 18.9 Å². The lowest BCUT2D eigenvalue weighted by Crippen LogP contribution is -2.65. The Balaban J connectivity index is 1.68. The van der Waals surface area contributed by atoms with Crippen LogP contribution in [0.15, 0.2) is 36.5 Å². The molecule has 0 radical (unpaired) electrons. The number of aliphatic hydroxyl groups excluding tert-OH is 8. The molecule has 86 heavy (non-hydrogen) atoms. The quantitative estimate of drug-likeness (QED) is 0.0204. The molecule has 12 unspecified atom stereocenters. The minimum Gasteiger partial charge on any atom is -0.394 e. The van der Waals surface area contributed by atoms with Crippen LogP contribution >= 0.6 is 0 Å². The molecule has 0 aromatic rings. The third-order valence-electron chi connectivity index (χ3n) is 17.8. The first kappa shape index (κ1) is 80.3. The van der Waals surface area contributed by atoms with E-state index < -0.39 is 86.8 Å². The number of amides is 1. The summed E-state index contributed by atoms with van der Waals surface area (Å²) in [6.07, 6.45) is 56.4. The molecule has 2 heterocycles. The summed E-state index contributed by atoms with van der Waals surface area (Å²) in [7, 11) is 0. The van der Waals surface area contributed by atoms with Crippen molar-refractivity contribution in [3.8, 4) is 0 Å². The highest BCUT2D eigenvalue weighted by molar-refractivity contribution is 5.76. The molecule has 0 aromatic heterocycles. The average Bonchev–Trinajstić information content (AvgIpc) is 2.54.